The van der Waals surface area contributed by atoms with Crippen LogP contribution < -0.4 is 15.2 Å². The highest BCUT2D eigenvalue weighted by Crippen LogP contribution is 2.26. The standard InChI is InChI=1S/C16H18ClNO2/c1-19-14-6-7-16(12(10-14)8-9-18)20-11-13-4-2-3-5-15(13)17/h2-7,10H,8-9,11,18H2,1H3. The Kier molecular flexibility index (Phi) is 5.27. The van der Waals surface area contributed by atoms with Crippen LogP contribution in [0.2, 0.25) is 5.02 Å². The summed E-state index contributed by atoms with van der Waals surface area (Å²) in [6, 6.07) is 13.4. The zero-order valence-electron chi connectivity index (χ0n) is 11.4. The summed E-state index contributed by atoms with van der Waals surface area (Å²) in [7, 11) is 1.64. The SMILES string of the molecule is COc1ccc(OCc2ccccc2Cl)c(CCN)c1. The van der Waals surface area contributed by atoms with E-state index in [-0.39, 0.29) is 0 Å². The lowest BCUT2D eigenvalue weighted by Crippen LogP contribution is -2.06. The molecule has 0 fully saturated rings. The highest BCUT2D eigenvalue weighted by Gasteiger charge is 2.07. The Morgan fingerprint density at radius 3 is 2.60 bits per heavy atom. The van der Waals surface area contributed by atoms with Gasteiger partial charge in [0.15, 0.2) is 0 Å². The Balaban J connectivity index is 2.14. The van der Waals surface area contributed by atoms with E-state index >= 15 is 0 Å². The van der Waals surface area contributed by atoms with Gasteiger partial charge in [-0.15, -0.1) is 0 Å². The molecule has 0 saturated heterocycles. The van der Waals surface area contributed by atoms with Crippen molar-refractivity contribution in [3.63, 3.8) is 0 Å². The topological polar surface area (TPSA) is 44.5 Å². The van der Waals surface area contributed by atoms with Gasteiger partial charge in [0.2, 0.25) is 0 Å². The lowest BCUT2D eigenvalue weighted by Gasteiger charge is -2.13. The Morgan fingerprint density at radius 1 is 1.10 bits per heavy atom. The molecule has 0 bridgehead atoms. The monoisotopic (exact) mass is 291 g/mol. The Bertz CT molecular complexity index is 572. The van der Waals surface area contributed by atoms with Crippen molar-refractivity contribution in [3.8, 4) is 11.5 Å². The van der Waals surface area contributed by atoms with Crippen LogP contribution in [0.25, 0.3) is 0 Å². The molecule has 0 amide bonds. The smallest absolute Gasteiger partial charge is 0.123 e. The van der Waals surface area contributed by atoms with E-state index in [0.717, 1.165) is 29.0 Å². The molecule has 0 heterocycles. The zero-order valence-corrected chi connectivity index (χ0v) is 12.2. The largest absolute Gasteiger partial charge is 0.497 e. The number of hydrogen-bond donors (Lipinski definition) is 1. The highest BCUT2D eigenvalue weighted by atomic mass is 35.5. The van der Waals surface area contributed by atoms with Gasteiger partial charge in [0.05, 0.1) is 7.11 Å². The van der Waals surface area contributed by atoms with Crippen molar-refractivity contribution < 1.29 is 9.47 Å². The first-order valence-corrected chi connectivity index (χ1v) is 6.85. The van der Waals surface area contributed by atoms with Crippen molar-refractivity contribution in [2.45, 2.75) is 13.0 Å². The molecule has 0 atom stereocenters. The molecule has 2 N–H and O–H groups in total. The van der Waals surface area contributed by atoms with Gasteiger partial charge in [0, 0.05) is 10.6 Å². The molecule has 0 aliphatic carbocycles. The fourth-order valence-electron chi connectivity index (χ4n) is 1.95. The van der Waals surface area contributed by atoms with Gasteiger partial charge in [-0.3, -0.25) is 0 Å². The number of rotatable bonds is 6. The second-order valence-corrected chi connectivity index (χ2v) is 4.80. The van der Waals surface area contributed by atoms with Crippen LogP contribution in [0.5, 0.6) is 11.5 Å². The predicted octanol–water partition coefficient (Wildman–Crippen LogP) is 3.43. The van der Waals surface area contributed by atoms with E-state index in [2.05, 4.69) is 0 Å². The average molecular weight is 292 g/mol. The molecule has 4 heteroatoms. The zero-order chi connectivity index (χ0) is 14.4. The number of halogens is 1. The molecule has 106 valence electrons. The summed E-state index contributed by atoms with van der Waals surface area (Å²) in [6.07, 6.45) is 0.745. The molecule has 2 aromatic rings. The summed E-state index contributed by atoms with van der Waals surface area (Å²) >= 11 is 6.12. The maximum Gasteiger partial charge on any atom is 0.123 e. The maximum atomic E-state index is 6.12. The van der Waals surface area contributed by atoms with Crippen LogP contribution in [0.1, 0.15) is 11.1 Å². The van der Waals surface area contributed by atoms with E-state index in [0.29, 0.717) is 18.2 Å². The molecule has 2 aromatic carbocycles. The number of methoxy groups -OCH3 is 1. The highest BCUT2D eigenvalue weighted by molar-refractivity contribution is 6.31. The number of benzene rings is 2. The molecule has 2 rings (SSSR count). The van der Waals surface area contributed by atoms with Crippen LogP contribution >= 0.6 is 11.6 Å². The van der Waals surface area contributed by atoms with Gasteiger partial charge in [-0.05, 0) is 42.8 Å². The molecule has 0 aromatic heterocycles. The first-order valence-electron chi connectivity index (χ1n) is 6.47. The van der Waals surface area contributed by atoms with Gasteiger partial charge in [-0.1, -0.05) is 29.8 Å². The average Bonchev–Trinajstić information content (AvgIpc) is 2.47. The normalized spacial score (nSPS) is 10.3. The summed E-state index contributed by atoms with van der Waals surface area (Å²) in [5.74, 6) is 1.62. The summed E-state index contributed by atoms with van der Waals surface area (Å²) in [4.78, 5) is 0. The van der Waals surface area contributed by atoms with E-state index in [1.54, 1.807) is 7.11 Å². The lowest BCUT2D eigenvalue weighted by atomic mass is 10.1. The molecular weight excluding hydrogens is 274 g/mol. The van der Waals surface area contributed by atoms with Gasteiger partial charge in [0.25, 0.3) is 0 Å². The minimum Gasteiger partial charge on any atom is -0.497 e. The number of hydrogen-bond acceptors (Lipinski definition) is 3. The molecule has 0 radical (unpaired) electrons. The Morgan fingerprint density at radius 2 is 1.90 bits per heavy atom. The van der Waals surface area contributed by atoms with Crippen LogP contribution in [0.3, 0.4) is 0 Å². The molecular formula is C16H18ClNO2. The minimum absolute atomic E-state index is 0.434. The third-order valence-electron chi connectivity index (χ3n) is 3.02. The predicted molar refractivity (Wildman–Crippen MR) is 81.5 cm³/mol. The number of ether oxygens (including phenoxy) is 2. The van der Waals surface area contributed by atoms with E-state index < -0.39 is 0 Å². The van der Waals surface area contributed by atoms with Gasteiger partial charge < -0.3 is 15.2 Å². The van der Waals surface area contributed by atoms with Crippen molar-refractivity contribution in [2.75, 3.05) is 13.7 Å². The number of nitrogens with two attached hydrogens (primary N) is 1. The minimum atomic E-state index is 0.434. The van der Waals surface area contributed by atoms with Crippen LogP contribution in [-0.2, 0) is 13.0 Å². The second kappa shape index (κ2) is 7.17. The molecule has 20 heavy (non-hydrogen) atoms. The van der Waals surface area contributed by atoms with Gasteiger partial charge in [0.1, 0.15) is 18.1 Å². The second-order valence-electron chi connectivity index (χ2n) is 4.39. The third kappa shape index (κ3) is 3.65. The van der Waals surface area contributed by atoms with Crippen molar-refractivity contribution in [1.82, 2.24) is 0 Å². The van der Waals surface area contributed by atoms with Gasteiger partial charge >= 0.3 is 0 Å². The van der Waals surface area contributed by atoms with Crippen molar-refractivity contribution in [3.05, 3.63) is 58.6 Å². The van der Waals surface area contributed by atoms with Crippen LogP contribution in [0.4, 0.5) is 0 Å². The fraction of sp³-hybridized carbons (Fsp3) is 0.250. The van der Waals surface area contributed by atoms with Crippen molar-refractivity contribution >= 4 is 11.6 Å². The van der Waals surface area contributed by atoms with Crippen LogP contribution in [0.15, 0.2) is 42.5 Å². The molecule has 0 aliphatic rings. The molecule has 3 nitrogen and oxygen atoms in total. The van der Waals surface area contributed by atoms with Crippen LogP contribution in [-0.4, -0.2) is 13.7 Å². The third-order valence-corrected chi connectivity index (χ3v) is 3.39. The Labute approximate surface area is 124 Å². The molecule has 0 unspecified atom stereocenters. The summed E-state index contributed by atoms with van der Waals surface area (Å²) in [5, 5.41) is 0.710. The van der Waals surface area contributed by atoms with E-state index in [9.17, 15) is 0 Å². The molecule has 0 spiro atoms. The molecule has 0 aliphatic heterocycles. The van der Waals surface area contributed by atoms with Crippen molar-refractivity contribution in [1.29, 1.82) is 0 Å². The van der Waals surface area contributed by atoms with Crippen LogP contribution in [0, 0.1) is 0 Å². The maximum absolute atomic E-state index is 6.12. The Hall–Kier alpha value is -1.71. The van der Waals surface area contributed by atoms with Gasteiger partial charge in [-0.2, -0.15) is 0 Å². The van der Waals surface area contributed by atoms with E-state index in [4.69, 9.17) is 26.8 Å². The fourth-order valence-corrected chi connectivity index (χ4v) is 2.14. The van der Waals surface area contributed by atoms with Crippen molar-refractivity contribution in [2.24, 2.45) is 5.73 Å². The first-order chi connectivity index (χ1) is 9.74. The summed E-state index contributed by atoms with van der Waals surface area (Å²) < 4.78 is 11.1. The quantitative estimate of drug-likeness (QED) is 0.887. The summed E-state index contributed by atoms with van der Waals surface area (Å²) in [5.41, 5.74) is 7.64. The van der Waals surface area contributed by atoms with Gasteiger partial charge in [-0.25, -0.2) is 0 Å². The molecule has 0 saturated carbocycles. The lowest BCUT2D eigenvalue weighted by molar-refractivity contribution is 0.302. The summed E-state index contributed by atoms with van der Waals surface area (Å²) in [6.45, 7) is 0.999. The van der Waals surface area contributed by atoms with E-state index in [1.807, 2.05) is 42.5 Å². The van der Waals surface area contributed by atoms with E-state index in [1.165, 1.54) is 0 Å². The first kappa shape index (κ1) is 14.7.